The van der Waals surface area contributed by atoms with Gasteiger partial charge in [0.15, 0.2) is 0 Å². The van der Waals surface area contributed by atoms with E-state index in [0.29, 0.717) is 17.4 Å². The van der Waals surface area contributed by atoms with E-state index in [1.807, 2.05) is 17.5 Å². The van der Waals surface area contributed by atoms with Crippen LogP contribution in [-0.4, -0.2) is 25.3 Å². The minimum Gasteiger partial charge on any atom is -0.332 e. The number of aromatic nitrogens is 5. The quantitative estimate of drug-likeness (QED) is 0.605. The molecule has 4 heterocycles. The third-order valence-corrected chi connectivity index (χ3v) is 3.57. The van der Waals surface area contributed by atoms with Gasteiger partial charge in [-0.25, -0.2) is 0 Å². The third kappa shape index (κ3) is 1.71. The molecule has 4 rings (SSSR count). The monoisotopic (exact) mass is 269 g/mol. The Hall–Kier alpha value is -2.54. The fraction of sp³-hybridized carbons (Fsp3) is 0. The molecule has 0 aliphatic rings. The van der Waals surface area contributed by atoms with Crippen molar-refractivity contribution in [2.75, 3.05) is 0 Å². The largest absolute Gasteiger partial charge is 0.332 e. The maximum atomic E-state index is 5.20. The molecule has 7 heteroatoms. The van der Waals surface area contributed by atoms with Gasteiger partial charge in [0.1, 0.15) is 5.69 Å². The summed E-state index contributed by atoms with van der Waals surface area (Å²) >= 11 is 1.64. The van der Waals surface area contributed by atoms with E-state index in [0.717, 1.165) is 15.8 Å². The van der Waals surface area contributed by atoms with E-state index >= 15 is 0 Å². The van der Waals surface area contributed by atoms with Gasteiger partial charge in [0.25, 0.3) is 5.89 Å². The summed E-state index contributed by atoms with van der Waals surface area (Å²) in [7, 11) is 0. The second-order valence-electron chi connectivity index (χ2n) is 3.92. The zero-order valence-electron chi connectivity index (χ0n) is 9.57. The van der Waals surface area contributed by atoms with Crippen LogP contribution in [0.4, 0.5) is 0 Å². The smallest absolute Gasteiger partial charge is 0.276 e. The van der Waals surface area contributed by atoms with Gasteiger partial charge < -0.3 is 4.52 Å². The van der Waals surface area contributed by atoms with E-state index in [1.165, 1.54) is 0 Å². The molecular formula is C12H7N5OS. The molecule has 0 aromatic carbocycles. The minimum atomic E-state index is 0.416. The Labute approximate surface area is 111 Å². The fourth-order valence-corrected chi connectivity index (χ4v) is 2.57. The molecule has 1 N–H and O–H groups in total. The molecule has 19 heavy (non-hydrogen) atoms. The van der Waals surface area contributed by atoms with Gasteiger partial charge in [-0.1, -0.05) is 5.16 Å². The summed E-state index contributed by atoms with van der Waals surface area (Å²) in [5.41, 5.74) is 2.51. The molecule has 0 saturated heterocycles. The number of nitrogens with one attached hydrogen (secondary N) is 1. The van der Waals surface area contributed by atoms with E-state index in [4.69, 9.17) is 4.52 Å². The molecule has 0 saturated carbocycles. The Balaban J connectivity index is 1.79. The van der Waals surface area contributed by atoms with Crippen LogP contribution in [0, 0.1) is 0 Å². The summed E-state index contributed by atoms with van der Waals surface area (Å²) in [5.74, 6) is 0.936. The summed E-state index contributed by atoms with van der Waals surface area (Å²) < 4.78 is 6.30. The molecule has 0 aliphatic carbocycles. The summed E-state index contributed by atoms with van der Waals surface area (Å²) in [6.07, 6.45) is 3.38. The van der Waals surface area contributed by atoms with Crippen LogP contribution in [0.2, 0.25) is 0 Å². The lowest BCUT2D eigenvalue weighted by atomic mass is 10.2. The molecule has 0 amide bonds. The second-order valence-corrected chi connectivity index (χ2v) is 4.87. The number of pyridine rings is 1. The number of aromatic amines is 1. The molecule has 92 valence electrons. The predicted molar refractivity (Wildman–Crippen MR) is 70.5 cm³/mol. The number of H-pyrrole nitrogens is 1. The van der Waals surface area contributed by atoms with E-state index in [1.54, 1.807) is 29.8 Å². The van der Waals surface area contributed by atoms with Crippen LogP contribution >= 0.6 is 11.3 Å². The molecular weight excluding hydrogens is 262 g/mol. The summed E-state index contributed by atoms with van der Waals surface area (Å²) in [5, 5.41) is 12.6. The van der Waals surface area contributed by atoms with Gasteiger partial charge in [-0.15, -0.1) is 11.3 Å². The molecule has 0 unspecified atom stereocenters. The first kappa shape index (κ1) is 10.4. The highest BCUT2D eigenvalue weighted by molar-refractivity contribution is 7.17. The zero-order chi connectivity index (χ0) is 12.7. The van der Waals surface area contributed by atoms with Crippen LogP contribution < -0.4 is 0 Å². The average Bonchev–Trinajstić information content (AvgIpc) is 3.18. The van der Waals surface area contributed by atoms with Gasteiger partial charge in [0.05, 0.1) is 10.2 Å². The Bertz CT molecular complexity index is 833. The summed E-state index contributed by atoms with van der Waals surface area (Å²) in [6, 6.07) is 5.77. The molecule has 0 aliphatic heterocycles. The first-order valence-corrected chi connectivity index (χ1v) is 6.45. The summed E-state index contributed by atoms with van der Waals surface area (Å²) in [6.45, 7) is 0. The molecule has 0 spiro atoms. The Morgan fingerprint density at radius 2 is 2.26 bits per heavy atom. The van der Waals surface area contributed by atoms with Crippen LogP contribution in [0.25, 0.3) is 33.2 Å². The van der Waals surface area contributed by atoms with Crippen molar-refractivity contribution in [3.63, 3.8) is 0 Å². The van der Waals surface area contributed by atoms with Crippen LogP contribution in [-0.2, 0) is 0 Å². The maximum absolute atomic E-state index is 5.20. The van der Waals surface area contributed by atoms with Crippen LogP contribution in [0.5, 0.6) is 0 Å². The van der Waals surface area contributed by atoms with Crippen LogP contribution in [0.3, 0.4) is 0 Å². The Kier molecular flexibility index (Phi) is 2.18. The molecule has 0 bridgehead atoms. The summed E-state index contributed by atoms with van der Waals surface area (Å²) in [4.78, 5) is 8.69. The standard InChI is InChI=1S/C12H7N5OS/c1-3-14-16-9(1)12-15-11(17-18-12)7-5-10-8(13-6-7)2-4-19-10/h1-6H,(H,14,16). The maximum Gasteiger partial charge on any atom is 0.276 e. The van der Waals surface area contributed by atoms with Gasteiger partial charge in [0.2, 0.25) is 5.82 Å². The van der Waals surface area contributed by atoms with Crippen molar-refractivity contribution in [3.05, 3.63) is 36.0 Å². The van der Waals surface area contributed by atoms with Gasteiger partial charge in [-0.2, -0.15) is 10.1 Å². The number of fused-ring (bicyclic) bond motifs is 1. The average molecular weight is 269 g/mol. The van der Waals surface area contributed by atoms with Crippen molar-refractivity contribution in [3.8, 4) is 23.0 Å². The van der Waals surface area contributed by atoms with Gasteiger partial charge in [0, 0.05) is 18.0 Å². The van der Waals surface area contributed by atoms with Crippen molar-refractivity contribution in [1.29, 1.82) is 0 Å². The number of nitrogens with zero attached hydrogens (tertiary/aromatic N) is 4. The van der Waals surface area contributed by atoms with E-state index < -0.39 is 0 Å². The predicted octanol–water partition coefficient (Wildman–Crippen LogP) is 2.74. The van der Waals surface area contributed by atoms with Gasteiger partial charge in [-0.05, 0) is 23.6 Å². The highest BCUT2D eigenvalue weighted by Gasteiger charge is 2.12. The normalized spacial score (nSPS) is 11.2. The van der Waals surface area contributed by atoms with E-state index in [-0.39, 0.29) is 0 Å². The van der Waals surface area contributed by atoms with Crippen LogP contribution in [0.1, 0.15) is 0 Å². The highest BCUT2D eigenvalue weighted by atomic mass is 32.1. The van der Waals surface area contributed by atoms with Crippen molar-refractivity contribution < 1.29 is 4.52 Å². The third-order valence-electron chi connectivity index (χ3n) is 2.72. The topological polar surface area (TPSA) is 80.5 Å². The Morgan fingerprint density at radius 3 is 3.16 bits per heavy atom. The minimum absolute atomic E-state index is 0.416. The first-order valence-electron chi connectivity index (χ1n) is 5.57. The fourth-order valence-electron chi connectivity index (χ4n) is 1.79. The van der Waals surface area contributed by atoms with Gasteiger partial charge >= 0.3 is 0 Å². The number of hydrogen-bond donors (Lipinski definition) is 1. The number of thiophene rings is 1. The second kappa shape index (κ2) is 3.99. The lowest BCUT2D eigenvalue weighted by Crippen LogP contribution is -1.83. The lowest BCUT2D eigenvalue weighted by molar-refractivity contribution is 0.431. The first-order chi connectivity index (χ1) is 9.40. The SMILES string of the molecule is c1cc(-c2nc(-c3cnc4ccsc4c3)no2)[nH]n1. The van der Waals surface area contributed by atoms with Gasteiger partial charge in [-0.3, -0.25) is 10.1 Å². The molecule has 4 aromatic rings. The van der Waals surface area contributed by atoms with Crippen molar-refractivity contribution in [2.24, 2.45) is 0 Å². The molecule has 4 aromatic heterocycles. The van der Waals surface area contributed by atoms with Crippen molar-refractivity contribution in [1.82, 2.24) is 25.3 Å². The molecule has 0 atom stereocenters. The lowest BCUT2D eigenvalue weighted by Gasteiger charge is -1.93. The molecule has 6 nitrogen and oxygen atoms in total. The molecule has 0 radical (unpaired) electrons. The van der Waals surface area contributed by atoms with Crippen LogP contribution in [0.15, 0.2) is 40.5 Å². The van der Waals surface area contributed by atoms with E-state index in [9.17, 15) is 0 Å². The van der Waals surface area contributed by atoms with E-state index in [2.05, 4.69) is 25.3 Å². The van der Waals surface area contributed by atoms with Crippen molar-refractivity contribution >= 4 is 21.6 Å². The number of rotatable bonds is 2. The van der Waals surface area contributed by atoms with Crippen molar-refractivity contribution in [2.45, 2.75) is 0 Å². The zero-order valence-corrected chi connectivity index (χ0v) is 10.4. The highest BCUT2D eigenvalue weighted by Crippen LogP contribution is 2.25. The number of hydrogen-bond acceptors (Lipinski definition) is 6. The Morgan fingerprint density at radius 1 is 1.26 bits per heavy atom. The molecule has 0 fully saturated rings.